The lowest BCUT2D eigenvalue weighted by atomic mass is 10.1. The van der Waals surface area contributed by atoms with Crippen molar-refractivity contribution in [3.63, 3.8) is 0 Å². The van der Waals surface area contributed by atoms with Crippen LogP contribution in [0, 0.1) is 0 Å². The topological polar surface area (TPSA) is 268 Å². The van der Waals surface area contributed by atoms with Crippen LogP contribution in [0.3, 0.4) is 0 Å². The first-order valence-corrected chi connectivity index (χ1v) is 15.7. The number of H-pyrrole nitrogens is 1. The molecular formula is C20H24FN10O8PS2. The maximum Gasteiger partial charge on any atom is 0.325 e. The molecule has 0 bridgehead atoms. The van der Waals surface area contributed by atoms with E-state index in [0.29, 0.717) is 0 Å². The fourth-order valence-electron chi connectivity index (χ4n) is 4.85. The second kappa shape index (κ2) is 10.7. The largest absolute Gasteiger partial charge is 0.395 e. The summed E-state index contributed by atoms with van der Waals surface area (Å²) >= 11 is 6.23. The van der Waals surface area contributed by atoms with Crippen LogP contribution < -0.4 is 17.0 Å². The van der Waals surface area contributed by atoms with Gasteiger partial charge in [0.05, 0.1) is 37.2 Å². The molecule has 4 aromatic rings. The Kier molecular flexibility index (Phi) is 7.45. The van der Waals surface area contributed by atoms with Crippen molar-refractivity contribution in [3.05, 3.63) is 29.3 Å². The van der Waals surface area contributed by atoms with Crippen LogP contribution >= 0.6 is 18.5 Å². The van der Waals surface area contributed by atoms with Gasteiger partial charge in [0.1, 0.15) is 42.1 Å². The highest BCUT2D eigenvalue weighted by Gasteiger charge is 2.53. The standard InChI is InChI=1S/C20H24FN10O8PS2/c21-20(31-6-27-9-14(22)24-4-25-15(9)31)3-37-7(13(20)34)2-38-40(36,41)39-12-11(33)8(1-32)42-18(12)30-5-26-10-16(30)28-19(23)29-17(10)35/h4-8,11-13,18,32-34H,1-3H2,(H,36,41)(H2,22,24,25)(H3,23,28,29,35)/t7-,8-,11-,12-,13-,18-,20-,40?/m1/s1. The molecule has 0 saturated carbocycles. The number of aromatic amines is 1. The summed E-state index contributed by atoms with van der Waals surface area (Å²) in [5.74, 6) is -2.67. The molecule has 0 aromatic carbocycles. The van der Waals surface area contributed by atoms with Crippen molar-refractivity contribution >= 4 is 64.4 Å². The summed E-state index contributed by atoms with van der Waals surface area (Å²) in [5, 5.41) is 29.8. The number of nitrogens with one attached hydrogen (secondary N) is 1. The third-order valence-electron chi connectivity index (χ3n) is 6.94. The summed E-state index contributed by atoms with van der Waals surface area (Å²) in [6, 6.07) is 0. The number of nitrogens with zero attached hydrogens (tertiary/aromatic N) is 7. The smallest absolute Gasteiger partial charge is 0.325 e. The summed E-state index contributed by atoms with van der Waals surface area (Å²) < 4.78 is 34.9. The fraction of sp³-hybridized carbons (Fsp3) is 0.500. The van der Waals surface area contributed by atoms with E-state index in [4.69, 9.17) is 37.1 Å². The predicted molar refractivity (Wildman–Crippen MR) is 148 cm³/mol. The van der Waals surface area contributed by atoms with Gasteiger partial charge in [0, 0.05) is 0 Å². The molecule has 226 valence electrons. The molecule has 2 aliphatic rings. The first-order chi connectivity index (χ1) is 19.9. The highest BCUT2D eigenvalue weighted by Crippen LogP contribution is 2.54. The molecule has 0 amide bonds. The van der Waals surface area contributed by atoms with Gasteiger partial charge < -0.3 is 40.9 Å². The van der Waals surface area contributed by atoms with Crippen molar-refractivity contribution in [1.29, 1.82) is 0 Å². The van der Waals surface area contributed by atoms with Crippen LogP contribution in [-0.4, -0.2) is 109 Å². The minimum absolute atomic E-state index is 0.0255. The molecular weight excluding hydrogens is 622 g/mol. The van der Waals surface area contributed by atoms with Crippen molar-refractivity contribution < 1.29 is 38.4 Å². The summed E-state index contributed by atoms with van der Waals surface area (Å²) in [6.07, 6.45) is -2.23. The lowest BCUT2D eigenvalue weighted by Crippen LogP contribution is -2.43. The Hall–Kier alpha value is -2.85. The second-order valence-electron chi connectivity index (χ2n) is 9.51. The molecule has 22 heteroatoms. The summed E-state index contributed by atoms with van der Waals surface area (Å²) in [6.45, 7) is -5.86. The van der Waals surface area contributed by atoms with Gasteiger partial charge in [-0.25, -0.2) is 24.3 Å². The maximum absolute atomic E-state index is 16.0. The van der Waals surface area contributed by atoms with Crippen LogP contribution in [0.2, 0.25) is 0 Å². The number of ether oxygens (including phenoxy) is 1. The SMILES string of the molecule is Nc1nc2c(ncn2[C@@H]2S[C@H](CO)[C@@H](O)[C@H]2OP(O)(=S)OC[C@H]2OC[C@@](F)(n3cnc4c(N)ncnc43)[C@@H]2O)c(=O)[nH]1. The lowest BCUT2D eigenvalue weighted by molar-refractivity contribution is -0.0470. The molecule has 2 aliphatic heterocycles. The minimum atomic E-state index is -4.20. The fourth-order valence-corrected chi connectivity index (χ4v) is 7.77. The molecule has 1 unspecified atom stereocenters. The van der Waals surface area contributed by atoms with Crippen molar-refractivity contribution in [2.45, 2.75) is 40.8 Å². The zero-order valence-corrected chi connectivity index (χ0v) is 23.7. The van der Waals surface area contributed by atoms with Gasteiger partial charge in [0.2, 0.25) is 11.7 Å². The molecule has 2 fully saturated rings. The Labute approximate surface area is 243 Å². The van der Waals surface area contributed by atoms with E-state index in [1.54, 1.807) is 0 Å². The monoisotopic (exact) mass is 646 g/mol. The van der Waals surface area contributed by atoms with Crippen LogP contribution in [0.25, 0.3) is 22.3 Å². The molecule has 2 saturated heterocycles. The van der Waals surface area contributed by atoms with E-state index in [9.17, 15) is 25.0 Å². The number of hydrogen-bond donors (Lipinski definition) is 7. The van der Waals surface area contributed by atoms with Crippen molar-refractivity contribution in [2.75, 3.05) is 31.3 Å². The third kappa shape index (κ3) is 4.84. The van der Waals surface area contributed by atoms with Crippen LogP contribution in [0.4, 0.5) is 16.2 Å². The quantitative estimate of drug-likeness (QED) is 0.103. The zero-order chi connectivity index (χ0) is 30.0. The van der Waals surface area contributed by atoms with Gasteiger partial charge in [-0.05, 0) is 11.8 Å². The normalized spacial score (nSPS) is 31.3. The van der Waals surface area contributed by atoms with Gasteiger partial charge in [-0.2, -0.15) is 4.98 Å². The third-order valence-corrected chi connectivity index (χ3v) is 10.1. The van der Waals surface area contributed by atoms with Gasteiger partial charge >= 0.3 is 6.72 Å². The molecule has 4 aromatic heterocycles. The highest BCUT2D eigenvalue weighted by molar-refractivity contribution is 8.07. The number of halogens is 1. The highest BCUT2D eigenvalue weighted by atomic mass is 32.5. The first kappa shape index (κ1) is 29.2. The van der Waals surface area contributed by atoms with E-state index in [-0.39, 0.29) is 34.1 Å². The molecule has 0 aliphatic carbocycles. The van der Waals surface area contributed by atoms with Gasteiger partial charge in [0.25, 0.3) is 5.56 Å². The molecule has 6 rings (SSSR count). The molecule has 9 N–H and O–H groups in total. The number of fused-ring (bicyclic) bond motifs is 2. The number of anilines is 2. The minimum Gasteiger partial charge on any atom is -0.395 e. The van der Waals surface area contributed by atoms with Crippen molar-refractivity contribution in [3.8, 4) is 0 Å². The van der Waals surface area contributed by atoms with Crippen LogP contribution in [-0.2, 0) is 31.4 Å². The van der Waals surface area contributed by atoms with E-state index in [1.807, 2.05) is 0 Å². The van der Waals surface area contributed by atoms with E-state index in [2.05, 4.69) is 29.9 Å². The maximum atomic E-state index is 16.0. The molecule has 0 spiro atoms. The number of rotatable bonds is 8. The Bertz CT molecular complexity index is 1760. The lowest BCUT2D eigenvalue weighted by Gasteiger charge is -2.28. The van der Waals surface area contributed by atoms with Crippen LogP contribution in [0.5, 0.6) is 0 Å². The van der Waals surface area contributed by atoms with Crippen molar-refractivity contribution in [2.24, 2.45) is 0 Å². The van der Waals surface area contributed by atoms with Gasteiger partial charge in [-0.1, -0.05) is 0 Å². The zero-order valence-electron chi connectivity index (χ0n) is 21.2. The molecule has 18 nitrogen and oxygen atoms in total. The van der Waals surface area contributed by atoms with E-state index in [0.717, 1.165) is 29.0 Å². The Morgan fingerprint density at radius 3 is 2.76 bits per heavy atom. The molecule has 42 heavy (non-hydrogen) atoms. The molecule has 6 heterocycles. The second-order valence-corrected chi connectivity index (χ2v) is 13.7. The summed E-state index contributed by atoms with van der Waals surface area (Å²) in [7, 11) is 0. The average molecular weight is 647 g/mol. The predicted octanol–water partition coefficient (Wildman–Crippen LogP) is -1.91. The first-order valence-electron chi connectivity index (χ1n) is 12.2. The summed E-state index contributed by atoms with van der Waals surface area (Å²) in [5.41, 5.74) is 11.1. The Morgan fingerprint density at radius 2 is 2.00 bits per heavy atom. The number of aliphatic hydroxyl groups is 3. The number of nitrogen functional groups attached to an aromatic ring is 2. The number of imidazole rings is 2. The van der Waals surface area contributed by atoms with Gasteiger partial charge in [0.15, 0.2) is 22.6 Å². The van der Waals surface area contributed by atoms with E-state index >= 15 is 4.39 Å². The number of nitrogens with two attached hydrogens (primary N) is 2. The molecule has 0 radical (unpaired) electrons. The average Bonchev–Trinajstić information content (AvgIpc) is 3.70. The van der Waals surface area contributed by atoms with Crippen LogP contribution in [0.15, 0.2) is 23.8 Å². The number of hydrogen-bond acceptors (Lipinski definition) is 16. The van der Waals surface area contributed by atoms with Gasteiger partial charge in [-0.15, -0.1) is 11.8 Å². The summed E-state index contributed by atoms with van der Waals surface area (Å²) in [4.78, 5) is 45.4. The van der Waals surface area contributed by atoms with Crippen LogP contribution in [0.1, 0.15) is 5.37 Å². The number of aromatic nitrogens is 8. The van der Waals surface area contributed by atoms with Crippen molar-refractivity contribution in [1.82, 2.24) is 39.0 Å². The van der Waals surface area contributed by atoms with E-state index in [1.165, 1.54) is 10.9 Å². The molecule has 8 atom stereocenters. The number of aliphatic hydroxyl groups excluding tert-OH is 3. The Morgan fingerprint density at radius 1 is 1.24 bits per heavy atom. The number of alkyl halides is 1. The van der Waals surface area contributed by atoms with E-state index < -0.39 is 72.9 Å². The van der Waals surface area contributed by atoms with Gasteiger partial charge in [-0.3, -0.25) is 23.4 Å². The number of thioether (sulfide) groups is 1. The Balaban J connectivity index is 1.19.